The summed E-state index contributed by atoms with van der Waals surface area (Å²) in [4.78, 5) is 0. The molecule has 0 bridgehead atoms. The molecule has 0 aliphatic heterocycles. The average molecular weight is 554 g/mol. The Morgan fingerprint density at radius 1 is 0.812 bits per heavy atom. The number of halogens is 1. The molecule has 0 fully saturated rings. The minimum atomic E-state index is -2.58. The largest absolute Gasteiger partial charge is 1.00 e. The van der Waals surface area contributed by atoms with Crippen LogP contribution in [0, 0.1) is 0 Å². The van der Waals surface area contributed by atoms with Crippen molar-refractivity contribution in [1.29, 1.82) is 0 Å². The van der Waals surface area contributed by atoms with Gasteiger partial charge in [-0.3, -0.25) is 0 Å². The second-order valence-electron chi connectivity index (χ2n) is 8.28. The van der Waals surface area contributed by atoms with Gasteiger partial charge < -0.3 is 40.1 Å². The zero-order valence-corrected chi connectivity index (χ0v) is 24.6. The van der Waals surface area contributed by atoms with Gasteiger partial charge in [-0.15, -0.1) is 0 Å². The van der Waals surface area contributed by atoms with Crippen LogP contribution in [-0.2, 0) is 13.3 Å². The molecule has 1 N–H and O–H groups in total. The Morgan fingerprint density at radius 3 is 1.75 bits per heavy atom. The Hall–Kier alpha value is -0.173. The zero-order valence-electron chi connectivity index (χ0n) is 21.1. The van der Waals surface area contributed by atoms with E-state index in [2.05, 4.69) is 20.8 Å². The fourth-order valence-electron chi connectivity index (χ4n) is 4.10. The SMILES string of the molecule is CCCC[P+](CCCC)(CCCC)c1cc(O)ccc1OCCC[Si](OC)(OC)OC.[Br-]. The number of rotatable bonds is 18. The van der Waals surface area contributed by atoms with E-state index in [0.29, 0.717) is 18.4 Å². The second kappa shape index (κ2) is 17.3. The lowest BCUT2D eigenvalue weighted by Gasteiger charge is -2.29. The van der Waals surface area contributed by atoms with Gasteiger partial charge in [0.15, 0.2) is 5.75 Å². The maximum atomic E-state index is 10.4. The van der Waals surface area contributed by atoms with Gasteiger partial charge in [0.2, 0.25) is 0 Å². The minimum absolute atomic E-state index is 0. The third kappa shape index (κ3) is 9.59. The van der Waals surface area contributed by atoms with Crippen LogP contribution >= 0.6 is 7.26 Å². The monoisotopic (exact) mass is 552 g/mol. The molecule has 1 aromatic carbocycles. The van der Waals surface area contributed by atoms with Crippen molar-refractivity contribution < 1.29 is 40.1 Å². The standard InChI is InChI=1S/C24H45O5PSi.BrH/c1-7-10-17-30(18-11-8-2,19-12-9-3)24-21-22(25)14-15-23(24)29-16-13-20-31(26-4,27-5)28-6;/h14-15,21H,7-13,16-20H2,1-6H3;1H. The summed E-state index contributed by atoms with van der Waals surface area (Å²) in [5.74, 6) is 1.30. The van der Waals surface area contributed by atoms with E-state index < -0.39 is 16.1 Å². The van der Waals surface area contributed by atoms with Gasteiger partial charge in [-0.05, 0) is 37.8 Å². The Morgan fingerprint density at radius 2 is 1.31 bits per heavy atom. The third-order valence-corrected chi connectivity index (χ3v) is 13.8. The van der Waals surface area contributed by atoms with Gasteiger partial charge in [0.1, 0.15) is 11.1 Å². The van der Waals surface area contributed by atoms with Crippen LogP contribution in [0.25, 0.3) is 0 Å². The summed E-state index contributed by atoms with van der Waals surface area (Å²) in [6.45, 7) is 7.39. The van der Waals surface area contributed by atoms with E-state index in [0.717, 1.165) is 12.2 Å². The number of phenolic OH excluding ortho intramolecular Hbond substituents is 1. The van der Waals surface area contributed by atoms with Gasteiger partial charge in [-0.1, -0.05) is 40.0 Å². The topological polar surface area (TPSA) is 57.2 Å². The van der Waals surface area contributed by atoms with Crippen LogP contribution in [0.4, 0.5) is 0 Å². The number of aromatic hydroxyl groups is 1. The van der Waals surface area contributed by atoms with E-state index in [1.807, 2.05) is 12.1 Å². The van der Waals surface area contributed by atoms with Gasteiger partial charge in [0, 0.05) is 33.4 Å². The molecule has 0 spiro atoms. The van der Waals surface area contributed by atoms with Crippen LogP contribution in [0.15, 0.2) is 18.2 Å². The van der Waals surface area contributed by atoms with E-state index >= 15 is 0 Å². The van der Waals surface area contributed by atoms with Gasteiger partial charge in [-0.25, -0.2) is 0 Å². The van der Waals surface area contributed by atoms with Crippen molar-refractivity contribution in [2.75, 3.05) is 46.4 Å². The van der Waals surface area contributed by atoms with Crippen LogP contribution in [-0.4, -0.2) is 60.3 Å². The van der Waals surface area contributed by atoms with Crippen molar-refractivity contribution in [3.63, 3.8) is 0 Å². The molecule has 32 heavy (non-hydrogen) atoms. The highest BCUT2D eigenvalue weighted by atomic mass is 79.9. The molecule has 0 amide bonds. The molecule has 0 aliphatic carbocycles. The van der Waals surface area contributed by atoms with Crippen LogP contribution in [0.5, 0.6) is 11.5 Å². The summed E-state index contributed by atoms with van der Waals surface area (Å²) < 4.78 is 22.9. The highest BCUT2D eigenvalue weighted by Gasteiger charge is 2.41. The van der Waals surface area contributed by atoms with E-state index in [1.165, 1.54) is 62.3 Å². The van der Waals surface area contributed by atoms with Gasteiger partial charge in [0.05, 0.1) is 32.4 Å². The van der Waals surface area contributed by atoms with Gasteiger partial charge >= 0.3 is 8.80 Å². The summed E-state index contributed by atoms with van der Waals surface area (Å²) in [7, 11) is 0.943. The first-order valence-corrected chi connectivity index (χ1v) is 16.2. The average Bonchev–Trinajstić information content (AvgIpc) is 2.80. The normalized spacial score (nSPS) is 11.9. The smallest absolute Gasteiger partial charge is 0.500 e. The molecular weight excluding hydrogens is 507 g/mol. The maximum absolute atomic E-state index is 10.4. The molecule has 5 nitrogen and oxygen atoms in total. The van der Waals surface area contributed by atoms with Crippen LogP contribution in [0.2, 0.25) is 6.04 Å². The molecule has 0 saturated heterocycles. The van der Waals surface area contributed by atoms with Crippen molar-refractivity contribution in [2.24, 2.45) is 0 Å². The van der Waals surface area contributed by atoms with Crippen molar-refractivity contribution in [3.05, 3.63) is 18.2 Å². The van der Waals surface area contributed by atoms with Gasteiger partial charge in [-0.2, -0.15) is 0 Å². The number of benzene rings is 1. The van der Waals surface area contributed by atoms with Crippen molar-refractivity contribution >= 4 is 21.4 Å². The number of unbranched alkanes of at least 4 members (excludes halogenated alkanes) is 3. The lowest BCUT2D eigenvalue weighted by molar-refractivity contribution is -0.0000125. The molecule has 0 aliphatic rings. The van der Waals surface area contributed by atoms with Crippen molar-refractivity contribution in [1.82, 2.24) is 0 Å². The van der Waals surface area contributed by atoms with Crippen LogP contribution < -0.4 is 27.0 Å². The summed E-state index contributed by atoms with van der Waals surface area (Å²) in [5.41, 5.74) is 0. The number of hydrogen-bond acceptors (Lipinski definition) is 5. The molecule has 0 radical (unpaired) electrons. The highest BCUT2D eigenvalue weighted by Crippen LogP contribution is 2.61. The Bertz CT molecular complexity index is 586. The van der Waals surface area contributed by atoms with Crippen molar-refractivity contribution in [2.45, 2.75) is 71.8 Å². The fourth-order valence-corrected chi connectivity index (χ4v) is 11.0. The molecule has 0 atom stereocenters. The number of ether oxygens (including phenoxy) is 1. The molecule has 1 aromatic rings. The predicted molar refractivity (Wildman–Crippen MR) is 136 cm³/mol. The summed E-state index contributed by atoms with van der Waals surface area (Å²) in [6, 6.07) is 6.44. The maximum Gasteiger partial charge on any atom is 0.500 e. The Labute approximate surface area is 209 Å². The summed E-state index contributed by atoms with van der Waals surface area (Å²) >= 11 is 0. The lowest BCUT2D eigenvalue weighted by atomic mass is 10.3. The third-order valence-electron chi connectivity index (χ3n) is 6.09. The zero-order chi connectivity index (χ0) is 23.2. The number of hydrogen-bond donors (Lipinski definition) is 1. The molecular formula is C24H46BrO5PSi. The van der Waals surface area contributed by atoms with Crippen LogP contribution in [0.3, 0.4) is 0 Å². The quantitative estimate of drug-likeness (QED) is 0.172. The fraction of sp³-hybridized carbons (Fsp3) is 0.750. The lowest BCUT2D eigenvalue weighted by Crippen LogP contribution is -3.00. The number of phenols is 1. The molecule has 0 heterocycles. The second-order valence-corrected chi connectivity index (χ2v) is 15.5. The molecule has 8 heteroatoms. The van der Waals surface area contributed by atoms with Gasteiger partial charge in [0.25, 0.3) is 0 Å². The molecule has 0 unspecified atom stereocenters. The highest BCUT2D eigenvalue weighted by molar-refractivity contribution is 7.83. The molecule has 188 valence electrons. The Balaban J connectivity index is 0.00000961. The van der Waals surface area contributed by atoms with Crippen molar-refractivity contribution in [3.8, 4) is 11.5 Å². The summed E-state index contributed by atoms with van der Waals surface area (Å²) in [5, 5.41) is 11.7. The van der Waals surface area contributed by atoms with Crippen LogP contribution in [0.1, 0.15) is 65.7 Å². The van der Waals surface area contributed by atoms with E-state index in [1.54, 1.807) is 27.4 Å². The van der Waals surface area contributed by atoms with E-state index in [-0.39, 0.29) is 17.0 Å². The predicted octanol–water partition coefficient (Wildman–Crippen LogP) is 3.09. The minimum Gasteiger partial charge on any atom is -1.00 e. The first-order valence-electron chi connectivity index (χ1n) is 11.9. The summed E-state index contributed by atoms with van der Waals surface area (Å²) in [6.07, 6.45) is 11.8. The molecule has 1 rings (SSSR count). The Kier molecular flexibility index (Phi) is 17.2. The van der Waals surface area contributed by atoms with E-state index in [9.17, 15) is 5.11 Å². The first-order chi connectivity index (χ1) is 15.0. The first kappa shape index (κ1) is 31.8. The van der Waals surface area contributed by atoms with E-state index in [4.69, 9.17) is 18.0 Å². The molecule has 0 saturated carbocycles. The molecule has 0 aromatic heterocycles.